The molecule has 0 aliphatic carbocycles. The van der Waals surface area contributed by atoms with Crippen LogP contribution in [0.2, 0.25) is 0 Å². The number of nitrogens with zero attached hydrogens (tertiary/aromatic N) is 3. The topological polar surface area (TPSA) is 84.4 Å². The zero-order valence-electron chi connectivity index (χ0n) is 17.6. The number of hydrogen-bond acceptors (Lipinski definition) is 6. The predicted molar refractivity (Wildman–Crippen MR) is 119 cm³/mol. The lowest BCUT2D eigenvalue weighted by Gasteiger charge is -2.31. The van der Waals surface area contributed by atoms with E-state index < -0.39 is 5.82 Å². The Kier molecular flexibility index (Phi) is 6.75. The highest BCUT2D eigenvalue weighted by Gasteiger charge is 2.28. The van der Waals surface area contributed by atoms with E-state index in [1.54, 1.807) is 18.1 Å². The highest BCUT2D eigenvalue weighted by molar-refractivity contribution is 7.15. The second-order valence-electron chi connectivity index (χ2n) is 7.59. The largest absolute Gasteiger partial charge is 0.497 e. The van der Waals surface area contributed by atoms with Crippen molar-refractivity contribution in [2.75, 3.05) is 25.5 Å². The molecule has 0 atom stereocenters. The second kappa shape index (κ2) is 9.86. The molecule has 2 aromatic carbocycles. The number of carbonyl (C=O) groups excluding carboxylic acids is 2. The Morgan fingerprint density at radius 1 is 1.16 bits per heavy atom. The van der Waals surface area contributed by atoms with Crippen LogP contribution in [-0.2, 0) is 11.2 Å². The van der Waals surface area contributed by atoms with Gasteiger partial charge in [0, 0.05) is 31.0 Å². The van der Waals surface area contributed by atoms with Crippen molar-refractivity contribution in [2.24, 2.45) is 5.92 Å². The molecule has 32 heavy (non-hydrogen) atoms. The molecule has 2 amide bonds. The van der Waals surface area contributed by atoms with Crippen molar-refractivity contribution in [3.05, 3.63) is 70.5 Å². The number of anilines is 1. The van der Waals surface area contributed by atoms with Gasteiger partial charge in [-0.25, -0.2) is 4.39 Å². The molecule has 1 fully saturated rings. The number of amides is 2. The van der Waals surface area contributed by atoms with Crippen LogP contribution < -0.4 is 10.1 Å². The van der Waals surface area contributed by atoms with Crippen molar-refractivity contribution in [3.8, 4) is 5.75 Å². The maximum absolute atomic E-state index is 13.4. The molecule has 1 N–H and O–H groups in total. The minimum Gasteiger partial charge on any atom is -0.497 e. The van der Waals surface area contributed by atoms with Gasteiger partial charge >= 0.3 is 0 Å². The Labute approximate surface area is 189 Å². The lowest BCUT2D eigenvalue weighted by Crippen LogP contribution is -2.41. The number of benzene rings is 2. The molecule has 1 saturated heterocycles. The van der Waals surface area contributed by atoms with Crippen molar-refractivity contribution in [1.29, 1.82) is 0 Å². The van der Waals surface area contributed by atoms with Crippen molar-refractivity contribution in [2.45, 2.75) is 19.3 Å². The summed E-state index contributed by atoms with van der Waals surface area (Å²) in [5, 5.41) is 12.4. The molecule has 0 radical (unpaired) electrons. The fourth-order valence-electron chi connectivity index (χ4n) is 3.65. The molecule has 1 aliphatic rings. The zero-order valence-corrected chi connectivity index (χ0v) is 18.4. The highest BCUT2D eigenvalue weighted by Crippen LogP contribution is 2.24. The predicted octanol–water partition coefficient (Wildman–Crippen LogP) is 3.77. The molecule has 9 heteroatoms. The monoisotopic (exact) mass is 454 g/mol. The van der Waals surface area contributed by atoms with Crippen LogP contribution in [0.4, 0.5) is 9.52 Å². The minimum absolute atomic E-state index is 0.116. The molecule has 2 heterocycles. The Hall–Kier alpha value is -3.33. The van der Waals surface area contributed by atoms with Crippen molar-refractivity contribution >= 4 is 28.3 Å². The molecule has 1 aliphatic heterocycles. The Morgan fingerprint density at radius 3 is 2.59 bits per heavy atom. The van der Waals surface area contributed by atoms with Crippen molar-refractivity contribution in [1.82, 2.24) is 15.1 Å². The third-order valence-electron chi connectivity index (χ3n) is 5.44. The summed E-state index contributed by atoms with van der Waals surface area (Å²) in [7, 11) is 1.63. The van der Waals surface area contributed by atoms with Crippen LogP contribution >= 0.6 is 11.3 Å². The van der Waals surface area contributed by atoms with E-state index in [4.69, 9.17) is 4.74 Å². The van der Waals surface area contributed by atoms with Gasteiger partial charge in [-0.3, -0.25) is 9.59 Å². The summed E-state index contributed by atoms with van der Waals surface area (Å²) < 4.78 is 18.5. The molecular weight excluding hydrogens is 431 g/mol. The van der Waals surface area contributed by atoms with Gasteiger partial charge in [-0.15, -0.1) is 10.2 Å². The Balaban J connectivity index is 1.28. The van der Waals surface area contributed by atoms with E-state index >= 15 is 0 Å². The molecule has 0 unspecified atom stereocenters. The van der Waals surface area contributed by atoms with Crippen LogP contribution in [0.1, 0.15) is 33.8 Å². The molecule has 0 bridgehead atoms. The normalized spacial score (nSPS) is 14.2. The number of methoxy groups -OCH3 is 1. The summed E-state index contributed by atoms with van der Waals surface area (Å²) in [6, 6.07) is 13.4. The van der Waals surface area contributed by atoms with Gasteiger partial charge in [-0.2, -0.15) is 0 Å². The smallest absolute Gasteiger partial charge is 0.253 e. The van der Waals surface area contributed by atoms with Crippen LogP contribution in [0, 0.1) is 11.7 Å². The first kappa shape index (κ1) is 21.9. The van der Waals surface area contributed by atoms with Gasteiger partial charge in [0.2, 0.25) is 11.0 Å². The molecular formula is C23H23FN4O3S. The molecule has 0 spiro atoms. The van der Waals surface area contributed by atoms with Crippen LogP contribution in [0.5, 0.6) is 5.75 Å². The number of rotatable bonds is 6. The van der Waals surface area contributed by atoms with Gasteiger partial charge < -0.3 is 15.0 Å². The van der Waals surface area contributed by atoms with Gasteiger partial charge in [0.1, 0.15) is 16.6 Å². The molecule has 3 aromatic rings. The fraction of sp³-hybridized carbons (Fsp3) is 0.304. The van der Waals surface area contributed by atoms with E-state index in [1.165, 1.54) is 29.5 Å². The molecule has 4 rings (SSSR count). The SMILES string of the molecule is COc1ccc(Cc2nnc(NC(=O)C3CCN(C(=O)c4cccc(F)c4)CC3)s2)cc1. The van der Waals surface area contributed by atoms with Crippen LogP contribution in [0.15, 0.2) is 48.5 Å². The maximum Gasteiger partial charge on any atom is 0.253 e. The van der Waals surface area contributed by atoms with Gasteiger partial charge in [-0.05, 0) is 48.7 Å². The third kappa shape index (κ3) is 5.28. The number of hydrogen-bond donors (Lipinski definition) is 1. The first-order valence-corrected chi connectivity index (χ1v) is 11.1. The average molecular weight is 455 g/mol. The highest BCUT2D eigenvalue weighted by atomic mass is 32.1. The van der Waals surface area contributed by atoms with Crippen molar-refractivity contribution < 1.29 is 18.7 Å². The molecule has 1 aromatic heterocycles. The molecule has 7 nitrogen and oxygen atoms in total. The van der Waals surface area contributed by atoms with Crippen molar-refractivity contribution in [3.63, 3.8) is 0 Å². The standard InChI is InChI=1S/C23H23FN4O3S/c1-31-19-7-5-15(6-8-19)13-20-26-27-23(32-20)25-21(29)16-9-11-28(12-10-16)22(30)17-3-2-4-18(24)14-17/h2-8,14,16H,9-13H2,1H3,(H,25,27,29). The average Bonchev–Trinajstić information content (AvgIpc) is 3.25. The zero-order chi connectivity index (χ0) is 22.5. The molecule has 166 valence electrons. The quantitative estimate of drug-likeness (QED) is 0.613. The molecule has 0 saturated carbocycles. The van der Waals surface area contributed by atoms with Crippen LogP contribution in [0.3, 0.4) is 0 Å². The van der Waals surface area contributed by atoms with Gasteiger partial charge in [0.15, 0.2) is 0 Å². The Bertz CT molecular complexity index is 1090. The fourth-order valence-corrected chi connectivity index (χ4v) is 4.43. The maximum atomic E-state index is 13.4. The van der Waals surface area contributed by atoms with E-state index in [0.717, 1.165) is 16.3 Å². The van der Waals surface area contributed by atoms with E-state index in [9.17, 15) is 14.0 Å². The number of piperidine rings is 1. The second-order valence-corrected chi connectivity index (χ2v) is 8.65. The van der Waals surface area contributed by atoms with Crippen LogP contribution in [-0.4, -0.2) is 47.1 Å². The van der Waals surface area contributed by atoms with E-state index in [-0.39, 0.29) is 17.7 Å². The number of halogens is 1. The van der Waals surface area contributed by atoms with E-state index in [2.05, 4.69) is 15.5 Å². The summed E-state index contributed by atoms with van der Waals surface area (Å²) in [6.07, 6.45) is 1.72. The number of carbonyl (C=O) groups is 2. The summed E-state index contributed by atoms with van der Waals surface area (Å²) in [5.41, 5.74) is 1.40. The summed E-state index contributed by atoms with van der Waals surface area (Å²) >= 11 is 1.35. The number of ether oxygens (including phenoxy) is 1. The first-order chi connectivity index (χ1) is 15.5. The number of likely N-dealkylation sites (tertiary alicyclic amines) is 1. The number of nitrogens with one attached hydrogen (secondary N) is 1. The van der Waals surface area contributed by atoms with Gasteiger partial charge in [-0.1, -0.05) is 29.5 Å². The summed E-state index contributed by atoms with van der Waals surface area (Å²) in [6.45, 7) is 0.901. The lowest BCUT2D eigenvalue weighted by atomic mass is 9.95. The van der Waals surface area contributed by atoms with E-state index in [0.29, 0.717) is 43.0 Å². The Morgan fingerprint density at radius 2 is 1.91 bits per heavy atom. The lowest BCUT2D eigenvalue weighted by molar-refractivity contribution is -0.121. The summed E-state index contributed by atoms with van der Waals surface area (Å²) in [4.78, 5) is 26.9. The van der Waals surface area contributed by atoms with Gasteiger partial charge in [0.05, 0.1) is 7.11 Å². The van der Waals surface area contributed by atoms with Gasteiger partial charge in [0.25, 0.3) is 5.91 Å². The summed E-state index contributed by atoms with van der Waals surface area (Å²) in [5.74, 6) is -0.178. The van der Waals surface area contributed by atoms with E-state index in [1.807, 2.05) is 24.3 Å². The first-order valence-electron chi connectivity index (χ1n) is 10.3. The number of aromatic nitrogens is 2. The van der Waals surface area contributed by atoms with Crippen LogP contribution in [0.25, 0.3) is 0 Å². The third-order valence-corrected chi connectivity index (χ3v) is 6.27. The minimum atomic E-state index is -0.437.